The van der Waals surface area contributed by atoms with E-state index in [0.717, 1.165) is 5.56 Å². The van der Waals surface area contributed by atoms with E-state index in [1.54, 1.807) is 26.0 Å². The second-order valence-electron chi connectivity index (χ2n) is 7.93. The molecular weight excluding hydrogens is 434 g/mol. The molecule has 32 heavy (non-hydrogen) atoms. The van der Waals surface area contributed by atoms with Crippen molar-refractivity contribution in [1.29, 1.82) is 0 Å². The van der Waals surface area contributed by atoms with Gasteiger partial charge in [0.2, 0.25) is 0 Å². The van der Waals surface area contributed by atoms with Crippen LogP contribution in [0.5, 0.6) is 0 Å². The van der Waals surface area contributed by atoms with E-state index in [2.05, 4.69) is 0 Å². The van der Waals surface area contributed by atoms with E-state index in [9.17, 15) is 22.8 Å². The van der Waals surface area contributed by atoms with Crippen molar-refractivity contribution in [2.24, 2.45) is 11.7 Å². The molecule has 3 N–H and O–H groups in total. The molecule has 0 aromatic heterocycles. The van der Waals surface area contributed by atoms with Crippen molar-refractivity contribution in [2.45, 2.75) is 44.2 Å². The number of para-hydroxylation sites is 1. The van der Waals surface area contributed by atoms with Crippen molar-refractivity contribution in [3.05, 3.63) is 59.7 Å². The predicted molar refractivity (Wildman–Crippen MR) is 117 cm³/mol. The van der Waals surface area contributed by atoms with E-state index in [1.165, 1.54) is 28.6 Å². The Kier molecular flexibility index (Phi) is 6.54. The molecule has 3 rings (SSSR count). The van der Waals surface area contributed by atoms with E-state index in [-0.39, 0.29) is 16.5 Å². The maximum atomic E-state index is 13.4. The maximum Gasteiger partial charge on any atom is 0.338 e. The fourth-order valence-electron chi connectivity index (χ4n) is 3.67. The van der Waals surface area contributed by atoms with Crippen LogP contribution in [0.4, 0.5) is 10.5 Å². The monoisotopic (exact) mass is 459 g/mol. The number of sulfonamides is 1. The number of benzene rings is 2. The van der Waals surface area contributed by atoms with Gasteiger partial charge in [0.15, 0.2) is 6.10 Å². The van der Waals surface area contributed by atoms with E-state index in [1.807, 2.05) is 24.4 Å². The Labute approximate surface area is 186 Å². The summed E-state index contributed by atoms with van der Waals surface area (Å²) in [6, 6.07) is 11.4. The van der Waals surface area contributed by atoms with Crippen LogP contribution in [0.25, 0.3) is 0 Å². The Hall–Kier alpha value is -3.40. The van der Waals surface area contributed by atoms with Crippen LogP contribution in [0.3, 0.4) is 0 Å². The normalized spacial score (nSPS) is 16.4. The third-order valence-electron chi connectivity index (χ3n) is 5.12. The first-order valence-corrected chi connectivity index (χ1v) is 11.5. The standard InChI is InChI=1S/C22H25N3O6S/c1-13(2)19(20(26)24-22(23)28)31-21(27)16-8-6-9-17(12-16)32(29,30)25-14(3)11-15-7-4-5-10-18(15)25/h4-10,12-14,19H,11H2,1-3H3,(H3,23,24,26,28). The third kappa shape index (κ3) is 4.59. The van der Waals surface area contributed by atoms with Crippen LogP contribution in [0.15, 0.2) is 53.4 Å². The number of nitrogens with zero attached hydrogens (tertiary/aromatic N) is 1. The molecule has 0 saturated carbocycles. The highest BCUT2D eigenvalue weighted by Crippen LogP contribution is 2.36. The molecule has 2 unspecified atom stereocenters. The van der Waals surface area contributed by atoms with Gasteiger partial charge in [0.05, 0.1) is 16.1 Å². The molecular formula is C22H25N3O6S. The SMILES string of the molecule is CC(C)C(OC(=O)c1cccc(S(=O)(=O)N2c3ccccc3CC2C)c1)C(=O)NC(N)=O. The zero-order valence-electron chi connectivity index (χ0n) is 17.9. The number of hydrogen-bond donors (Lipinski definition) is 2. The molecule has 3 amide bonds. The van der Waals surface area contributed by atoms with E-state index in [0.29, 0.717) is 12.1 Å². The summed E-state index contributed by atoms with van der Waals surface area (Å²) in [5.41, 5.74) is 6.46. The Balaban J connectivity index is 1.88. The van der Waals surface area contributed by atoms with Gasteiger partial charge in [-0.1, -0.05) is 38.1 Å². The van der Waals surface area contributed by atoms with Gasteiger partial charge < -0.3 is 10.5 Å². The molecule has 10 heteroatoms. The van der Waals surface area contributed by atoms with Crippen LogP contribution in [-0.2, 0) is 26.0 Å². The van der Waals surface area contributed by atoms with E-state index < -0.39 is 40.0 Å². The van der Waals surface area contributed by atoms with E-state index in [4.69, 9.17) is 10.5 Å². The first-order chi connectivity index (χ1) is 15.0. The second-order valence-corrected chi connectivity index (χ2v) is 9.75. The van der Waals surface area contributed by atoms with Crippen molar-refractivity contribution >= 4 is 33.6 Å². The number of imide groups is 1. The quantitative estimate of drug-likeness (QED) is 0.636. The summed E-state index contributed by atoms with van der Waals surface area (Å²) >= 11 is 0. The number of nitrogens with two attached hydrogens (primary N) is 1. The molecule has 2 aromatic rings. The van der Waals surface area contributed by atoms with Gasteiger partial charge in [0.25, 0.3) is 15.9 Å². The molecule has 170 valence electrons. The summed E-state index contributed by atoms with van der Waals surface area (Å²) < 4.78 is 33.4. The molecule has 9 nitrogen and oxygen atoms in total. The molecule has 0 bridgehead atoms. The Morgan fingerprint density at radius 1 is 1.12 bits per heavy atom. The number of urea groups is 1. The number of rotatable bonds is 6. The third-order valence-corrected chi connectivity index (χ3v) is 7.04. The molecule has 0 aliphatic carbocycles. The average molecular weight is 460 g/mol. The Morgan fingerprint density at radius 2 is 1.81 bits per heavy atom. The number of anilines is 1. The number of fused-ring (bicyclic) bond motifs is 1. The van der Waals surface area contributed by atoms with Crippen molar-refractivity contribution in [3.63, 3.8) is 0 Å². The minimum absolute atomic E-state index is 0.0382. The maximum absolute atomic E-state index is 13.4. The van der Waals surface area contributed by atoms with Crippen molar-refractivity contribution in [2.75, 3.05) is 4.31 Å². The largest absolute Gasteiger partial charge is 0.448 e. The number of primary amides is 1. The number of carbonyl (C=O) groups is 3. The Bertz CT molecular complexity index is 1160. The lowest BCUT2D eigenvalue weighted by Crippen LogP contribution is -2.45. The molecule has 2 aromatic carbocycles. The highest BCUT2D eigenvalue weighted by atomic mass is 32.2. The lowest BCUT2D eigenvalue weighted by Gasteiger charge is -2.25. The number of carbonyl (C=O) groups excluding carboxylic acids is 3. The summed E-state index contributed by atoms with van der Waals surface area (Å²) in [6.07, 6.45) is -0.692. The fraction of sp³-hybridized carbons (Fsp3) is 0.318. The molecule has 1 aliphatic heterocycles. The minimum Gasteiger partial charge on any atom is -0.448 e. The van der Waals surface area contributed by atoms with Crippen LogP contribution in [0.2, 0.25) is 0 Å². The summed E-state index contributed by atoms with van der Waals surface area (Å²) in [4.78, 5) is 35.7. The second kappa shape index (κ2) is 8.99. The van der Waals surface area contributed by atoms with Gasteiger partial charge in [-0.15, -0.1) is 0 Å². The molecule has 0 radical (unpaired) electrons. The number of nitrogens with one attached hydrogen (secondary N) is 1. The van der Waals surface area contributed by atoms with Gasteiger partial charge in [0.1, 0.15) is 0 Å². The number of ether oxygens (including phenoxy) is 1. The molecule has 1 heterocycles. The Morgan fingerprint density at radius 3 is 2.47 bits per heavy atom. The lowest BCUT2D eigenvalue weighted by atomic mass is 10.1. The van der Waals surface area contributed by atoms with Crippen molar-refractivity contribution in [1.82, 2.24) is 5.32 Å². The van der Waals surface area contributed by atoms with Crippen molar-refractivity contribution < 1.29 is 27.5 Å². The van der Waals surface area contributed by atoms with Gasteiger partial charge >= 0.3 is 12.0 Å². The van der Waals surface area contributed by atoms with Gasteiger partial charge in [0, 0.05) is 6.04 Å². The first-order valence-electron chi connectivity index (χ1n) is 10.1. The summed E-state index contributed by atoms with van der Waals surface area (Å²) in [5, 5.41) is 1.89. The molecule has 0 fully saturated rings. The van der Waals surface area contributed by atoms with Gasteiger partial charge in [-0.05, 0) is 49.1 Å². The summed E-state index contributed by atoms with van der Waals surface area (Å²) in [5.74, 6) is -2.20. The summed E-state index contributed by atoms with van der Waals surface area (Å²) in [7, 11) is -3.95. The molecule has 0 saturated heterocycles. The lowest BCUT2D eigenvalue weighted by molar-refractivity contribution is -0.130. The average Bonchev–Trinajstić information content (AvgIpc) is 3.07. The van der Waals surface area contributed by atoms with Crippen LogP contribution in [-0.4, -0.2) is 38.5 Å². The predicted octanol–water partition coefficient (Wildman–Crippen LogP) is 2.20. The zero-order valence-corrected chi connectivity index (χ0v) is 18.8. The minimum atomic E-state index is -3.95. The molecule has 2 atom stereocenters. The van der Waals surface area contributed by atoms with Gasteiger partial charge in [-0.2, -0.15) is 0 Å². The fourth-order valence-corrected chi connectivity index (χ4v) is 5.41. The summed E-state index contributed by atoms with van der Waals surface area (Å²) in [6.45, 7) is 5.08. The van der Waals surface area contributed by atoms with Crippen LogP contribution < -0.4 is 15.4 Å². The number of esters is 1. The number of amides is 3. The zero-order chi connectivity index (χ0) is 23.6. The van der Waals surface area contributed by atoms with Crippen molar-refractivity contribution in [3.8, 4) is 0 Å². The highest BCUT2D eigenvalue weighted by molar-refractivity contribution is 7.92. The topological polar surface area (TPSA) is 136 Å². The highest BCUT2D eigenvalue weighted by Gasteiger charge is 2.36. The van der Waals surface area contributed by atoms with Crippen LogP contribution in [0, 0.1) is 5.92 Å². The smallest absolute Gasteiger partial charge is 0.338 e. The van der Waals surface area contributed by atoms with Gasteiger partial charge in [-0.3, -0.25) is 14.4 Å². The van der Waals surface area contributed by atoms with Crippen LogP contribution in [0.1, 0.15) is 36.7 Å². The van der Waals surface area contributed by atoms with E-state index >= 15 is 0 Å². The van der Waals surface area contributed by atoms with Crippen LogP contribution >= 0.6 is 0 Å². The van der Waals surface area contributed by atoms with Gasteiger partial charge in [-0.25, -0.2) is 18.0 Å². The molecule has 0 spiro atoms. The first kappa shape index (κ1) is 23.3. The number of hydrogen-bond acceptors (Lipinski definition) is 6. The molecule has 1 aliphatic rings.